The molecule has 0 saturated heterocycles. The SMILES string of the molecule is Cc1ccccc1NC(=O)N(CC(=O)Nc1cc(-c2ccccc2)nn1-c1ccc(Cl)c(Cl)c1)C(C)C. The molecule has 0 aliphatic heterocycles. The normalized spacial score (nSPS) is 10.9. The van der Waals surface area contributed by atoms with Gasteiger partial charge in [0, 0.05) is 23.4 Å². The van der Waals surface area contributed by atoms with Crippen molar-refractivity contribution in [3.8, 4) is 16.9 Å². The molecule has 0 unspecified atom stereocenters. The molecule has 3 amide bonds. The summed E-state index contributed by atoms with van der Waals surface area (Å²) in [7, 11) is 0. The summed E-state index contributed by atoms with van der Waals surface area (Å²) in [6.45, 7) is 5.48. The number of urea groups is 1. The standard InChI is InChI=1S/C28H27Cl2N5O2/c1-18(2)34(28(37)31-24-12-8-7-9-19(24)3)17-27(36)32-26-16-25(20-10-5-4-6-11-20)33-35(26)21-13-14-22(29)23(30)15-21/h4-16,18H,17H2,1-3H3,(H,31,37)(H,32,36). The fraction of sp³-hybridized carbons (Fsp3) is 0.179. The van der Waals surface area contributed by atoms with Crippen LogP contribution in [0, 0.1) is 6.92 Å². The van der Waals surface area contributed by atoms with Gasteiger partial charge in [-0.05, 0) is 50.6 Å². The number of nitrogens with zero attached hydrogens (tertiary/aromatic N) is 3. The van der Waals surface area contributed by atoms with E-state index < -0.39 is 0 Å². The molecule has 3 aromatic carbocycles. The van der Waals surface area contributed by atoms with Crippen LogP contribution in [0.1, 0.15) is 19.4 Å². The second kappa shape index (κ2) is 11.5. The first-order chi connectivity index (χ1) is 17.7. The number of hydrogen-bond acceptors (Lipinski definition) is 3. The number of aryl methyl sites for hydroxylation is 1. The highest BCUT2D eigenvalue weighted by molar-refractivity contribution is 6.42. The lowest BCUT2D eigenvalue weighted by Gasteiger charge is -2.26. The minimum atomic E-state index is -0.366. The Bertz CT molecular complexity index is 1420. The van der Waals surface area contributed by atoms with Gasteiger partial charge in [-0.15, -0.1) is 0 Å². The van der Waals surface area contributed by atoms with Crippen LogP contribution in [0.25, 0.3) is 16.9 Å². The van der Waals surface area contributed by atoms with Crippen LogP contribution in [0.2, 0.25) is 10.0 Å². The predicted molar refractivity (Wildman–Crippen MR) is 150 cm³/mol. The van der Waals surface area contributed by atoms with E-state index in [0.29, 0.717) is 32.9 Å². The molecule has 190 valence electrons. The smallest absolute Gasteiger partial charge is 0.313 e. The number of amides is 3. The number of para-hydroxylation sites is 1. The molecule has 7 nitrogen and oxygen atoms in total. The van der Waals surface area contributed by atoms with Crippen LogP contribution in [-0.4, -0.2) is 39.2 Å². The van der Waals surface area contributed by atoms with Gasteiger partial charge >= 0.3 is 6.03 Å². The van der Waals surface area contributed by atoms with Crippen molar-refractivity contribution in [2.75, 3.05) is 17.2 Å². The van der Waals surface area contributed by atoms with Crippen molar-refractivity contribution in [1.29, 1.82) is 0 Å². The van der Waals surface area contributed by atoms with Gasteiger partial charge < -0.3 is 15.5 Å². The molecule has 2 N–H and O–H groups in total. The summed E-state index contributed by atoms with van der Waals surface area (Å²) in [5.74, 6) is 0.0692. The van der Waals surface area contributed by atoms with Crippen molar-refractivity contribution < 1.29 is 9.59 Å². The van der Waals surface area contributed by atoms with Gasteiger partial charge in [-0.2, -0.15) is 5.10 Å². The summed E-state index contributed by atoms with van der Waals surface area (Å²) in [6.07, 6.45) is 0. The van der Waals surface area contributed by atoms with Gasteiger partial charge in [0.15, 0.2) is 0 Å². The van der Waals surface area contributed by atoms with E-state index in [2.05, 4.69) is 10.6 Å². The molecule has 1 aromatic heterocycles. The third-order valence-corrected chi connectivity index (χ3v) is 6.52. The van der Waals surface area contributed by atoms with Crippen LogP contribution in [0.4, 0.5) is 16.3 Å². The van der Waals surface area contributed by atoms with Crippen LogP contribution in [-0.2, 0) is 4.79 Å². The number of hydrogen-bond donors (Lipinski definition) is 2. The summed E-state index contributed by atoms with van der Waals surface area (Å²) < 4.78 is 1.59. The number of anilines is 2. The molecule has 4 rings (SSSR count). The Labute approximate surface area is 226 Å². The van der Waals surface area contributed by atoms with Crippen LogP contribution in [0.15, 0.2) is 78.9 Å². The van der Waals surface area contributed by atoms with E-state index >= 15 is 0 Å². The molecule has 4 aromatic rings. The summed E-state index contributed by atoms with van der Waals surface area (Å²) in [5.41, 5.74) is 3.81. The van der Waals surface area contributed by atoms with E-state index in [1.165, 1.54) is 4.90 Å². The number of carbonyl (C=O) groups is 2. The number of aromatic nitrogens is 2. The molecule has 0 aliphatic rings. The van der Waals surface area contributed by atoms with E-state index in [1.54, 1.807) is 28.9 Å². The topological polar surface area (TPSA) is 79.3 Å². The van der Waals surface area contributed by atoms with Crippen molar-refractivity contribution in [3.63, 3.8) is 0 Å². The van der Waals surface area contributed by atoms with Gasteiger partial charge in [0.05, 0.1) is 21.4 Å². The fourth-order valence-electron chi connectivity index (χ4n) is 3.76. The quantitative estimate of drug-likeness (QED) is 0.266. The molecule has 0 fully saturated rings. The highest BCUT2D eigenvalue weighted by Crippen LogP contribution is 2.29. The molecule has 1 heterocycles. The zero-order valence-electron chi connectivity index (χ0n) is 20.7. The molecule has 0 spiro atoms. The van der Waals surface area contributed by atoms with E-state index in [9.17, 15) is 9.59 Å². The molecule has 9 heteroatoms. The van der Waals surface area contributed by atoms with E-state index in [0.717, 1.165) is 11.1 Å². The molecule has 0 atom stereocenters. The maximum Gasteiger partial charge on any atom is 0.322 e. The minimum Gasteiger partial charge on any atom is -0.313 e. The molecule has 0 saturated carbocycles. The highest BCUT2D eigenvalue weighted by Gasteiger charge is 2.22. The Morgan fingerprint density at radius 3 is 2.30 bits per heavy atom. The average molecular weight is 536 g/mol. The monoisotopic (exact) mass is 535 g/mol. The van der Waals surface area contributed by atoms with Crippen molar-refractivity contribution >= 4 is 46.6 Å². The first kappa shape index (κ1) is 26.3. The first-order valence-corrected chi connectivity index (χ1v) is 12.5. The first-order valence-electron chi connectivity index (χ1n) is 11.8. The number of nitrogens with one attached hydrogen (secondary N) is 2. The average Bonchev–Trinajstić information content (AvgIpc) is 3.29. The predicted octanol–water partition coefficient (Wildman–Crippen LogP) is 7.04. The zero-order valence-corrected chi connectivity index (χ0v) is 22.2. The van der Waals surface area contributed by atoms with Crippen LogP contribution in [0.5, 0.6) is 0 Å². The van der Waals surface area contributed by atoms with E-state index in [1.807, 2.05) is 75.4 Å². The third-order valence-electron chi connectivity index (χ3n) is 5.78. The summed E-state index contributed by atoms with van der Waals surface area (Å²) in [4.78, 5) is 27.7. The highest BCUT2D eigenvalue weighted by atomic mass is 35.5. The second-order valence-corrected chi connectivity index (χ2v) is 9.62. The molecule has 0 radical (unpaired) electrons. The summed E-state index contributed by atoms with van der Waals surface area (Å²) in [5, 5.41) is 11.3. The molecular formula is C28H27Cl2N5O2. The van der Waals surface area contributed by atoms with Gasteiger partial charge in [0.25, 0.3) is 0 Å². The number of carbonyl (C=O) groups excluding carboxylic acids is 2. The molecule has 37 heavy (non-hydrogen) atoms. The number of rotatable bonds is 7. The molecule has 0 aliphatic carbocycles. The van der Waals surface area contributed by atoms with Gasteiger partial charge in [0.1, 0.15) is 12.4 Å². The Hall–Kier alpha value is -3.81. The third kappa shape index (κ3) is 6.31. The van der Waals surface area contributed by atoms with Crippen LogP contribution >= 0.6 is 23.2 Å². The van der Waals surface area contributed by atoms with Crippen molar-refractivity contribution in [2.24, 2.45) is 0 Å². The Kier molecular flexibility index (Phi) is 8.16. The maximum absolute atomic E-state index is 13.2. The Morgan fingerprint density at radius 1 is 0.919 bits per heavy atom. The number of benzene rings is 3. The van der Waals surface area contributed by atoms with Crippen molar-refractivity contribution in [1.82, 2.24) is 14.7 Å². The largest absolute Gasteiger partial charge is 0.322 e. The minimum absolute atomic E-state index is 0.150. The lowest BCUT2D eigenvalue weighted by Crippen LogP contribution is -2.44. The van der Waals surface area contributed by atoms with E-state index in [-0.39, 0.29) is 24.5 Å². The lowest BCUT2D eigenvalue weighted by molar-refractivity contribution is -0.117. The second-order valence-electron chi connectivity index (χ2n) is 8.81. The summed E-state index contributed by atoms with van der Waals surface area (Å²) in [6, 6.07) is 23.4. The molecule has 0 bridgehead atoms. The van der Waals surface area contributed by atoms with Crippen LogP contribution < -0.4 is 10.6 Å². The number of halogens is 2. The van der Waals surface area contributed by atoms with E-state index in [4.69, 9.17) is 28.3 Å². The van der Waals surface area contributed by atoms with Crippen molar-refractivity contribution in [3.05, 3.63) is 94.5 Å². The Morgan fingerprint density at radius 2 is 1.62 bits per heavy atom. The van der Waals surface area contributed by atoms with Gasteiger partial charge in [-0.3, -0.25) is 4.79 Å². The van der Waals surface area contributed by atoms with Gasteiger partial charge in [-0.1, -0.05) is 71.7 Å². The lowest BCUT2D eigenvalue weighted by atomic mass is 10.1. The molecular weight excluding hydrogens is 509 g/mol. The summed E-state index contributed by atoms with van der Waals surface area (Å²) >= 11 is 12.4. The van der Waals surface area contributed by atoms with Crippen molar-refractivity contribution in [2.45, 2.75) is 26.8 Å². The fourth-order valence-corrected chi connectivity index (χ4v) is 4.05. The van der Waals surface area contributed by atoms with Gasteiger partial charge in [-0.25, -0.2) is 9.48 Å². The zero-order chi connectivity index (χ0) is 26.5. The van der Waals surface area contributed by atoms with Gasteiger partial charge in [0.2, 0.25) is 5.91 Å². The van der Waals surface area contributed by atoms with Crippen LogP contribution in [0.3, 0.4) is 0 Å². The maximum atomic E-state index is 13.2. The Balaban J connectivity index is 1.59.